The van der Waals surface area contributed by atoms with Gasteiger partial charge in [0, 0.05) is 42.2 Å². The summed E-state index contributed by atoms with van der Waals surface area (Å²) in [4.78, 5) is 42.0. The molecule has 1 fully saturated rings. The molecule has 4 rings (SSSR count). The fraction of sp³-hybridized carbons (Fsp3) is 0.200. The Bertz CT molecular complexity index is 1200. The van der Waals surface area contributed by atoms with Crippen LogP contribution in [0.1, 0.15) is 42.2 Å². The quantitative estimate of drug-likeness (QED) is 0.431. The van der Waals surface area contributed by atoms with Gasteiger partial charge in [0.1, 0.15) is 5.75 Å². The molecule has 1 saturated heterocycles. The summed E-state index contributed by atoms with van der Waals surface area (Å²) in [6.07, 6.45) is 3.11. The standard InChI is InChI=1S/C25H24N4O4/c1-15-12-17(6-7-18(15)23(31)19-4-2-3-5-22(19)30)25(33)29-21-14-27-13-20(21)28-24(32)16-8-10-26-11-9-16/h2-12,20-21,27,30H,13-14H2,1H3,(H,28,32)(H,29,33)/t20-,21-/m1/s1. The van der Waals surface area contributed by atoms with Gasteiger partial charge in [0.15, 0.2) is 5.78 Å². The number of phenolic OH excluding ortho intramolecular Hbond substituents is 1. The lowest BCUT2D eigenvalue weighted by atomic mass is 9.96. The average Bonchev–Trinajstić information content (AvgIpc) is 3.25. The van der Waals surface area contributed by atoms with Crippen molar-refractivity contribution in [3.63, 3.8) is 0 Å². The van der Waals surface area contributed by atoms with Gasteiger partial charge in [-0.3, -0.25) is 19.4 Å². The van der Waals surface area contributed by atoms with E-state index >= 15 is 0 Å². The van der Waals surface area contributed by atoms with Crippen molar-refractivity contribution in [1.29, 1.82) is 0 Å². The van der Waals surface area contributed by atoms with Crippen LogP contribution in [0.3, 0.4) is 0 Å². The fourth-order valence-corrected chi connectivity index (χ4v) is 3.86. The summed E-state index contributed by atoms with van der Waals surface area (Å²) in [5.41, 5.74) is 2.17. The maximum absolute atomic E-state index is 12.9. The van der Waals surface area contributed by atoms with Crippen LogP contribution in [-0.4, -0.2) is 52.9 Å². The van der Waals surface area contributed by atoms with Gasteiger partial charge in [-0.1, -0.05) is 12.1 Å². The molecule has 3 aromatic rings. The Balaban J connectivity index is 1.44. The molecule has 168 valence electrons. The SMILES string of the molecule is Cc1cc(C(=O)N[C@@H]2CNC[C@H]2NC(=O)c2ccncc2)ccc1C(=O)c1ccccc1O. The van der Waals surface area contributed by atoms with Crippen LogP contribution in [0.4, 0.5) is 0 Å². The molecule has 2 aromatic carbocycles. The maximum Gasteiger partial charge on any atom is 0.251 e. The van der Waals surface area contributed by atoms with Crippen LogP contribution >= 0.6 is 0 Å². The Morgan fingerprint density at radius 1 is 0.879 bits per heavy atom. The van der Waals surface area contributed by atoms with Crippen molar-refractivity contribution in [1.82, 2.24) is 20.9 Å². The predicted molar refractivity (Wildman–Crippen MR) is 122 cm³/mol. The summed E-state index contributed by atoms with van der Waals surface area (Å²) in [5.74, 6) is -0.918. The van der Waals surface area contributed by atoms with Crippen molar-refractivity contribution in [3.05, 3.63) is 94.8 Å². The first-order valence-electron chi connectivity index (χ1n) is 10.6. The largest absolute Gasteiger partial charge is 0.507 e. The molecule has 1 aliphatic rings. The van der Waals surface area contributed by atoms with Gasteiger partial charge in [0.25, 0.3) is 11.8 Å². The Hall–Kier alpha value is -4.04. The third-order valence-corrected chi connectivity index (χ3v) is 5.67. The first-order valence-corrected chi connectivity index (χ1v) is 10.6. The molecule has 0 radical (unpaired) electrons. The molecule has 2 atom stereocenters. The highest BCUT2D eigenvalue weighted by Gasteiger charge is 2.30. The van der Waals surface area contributed by atoms with Gasteiger partial charge in [-0.05, 0) is 55.0 Å². The van der Waals surface area contributed by atoms with Gasteiger partial charge in [-0.25, -0.2) is 0 Å². The number of nitrogens with zero attached hydrogens (tertiary/aromatic N) is 1. The minimum Gasteiger partial charge on any atom is -0.507 e. The van der Waals surface area contributed by atoms with E-state index in [9.17, 15) is 19.5 Å². The molecule has 8 heteroatoms. The first-order chi connectivity index (χ1) is 15.9. The smallest absolute Gasteiger partial charge is 0.251 e. The number of nitrogens with one attached hydrogen (secondary N) is 3. The van der Waals surface area contributed by atoms with Crippen LogP contribution < -0.4 is 16.0 Å². The Morgan fingerprint density at radius 3 is 2.15 bits per heavy atom. The molecule has 2 amide bonds. The zero-order chi connectivity index (χ0) is 23.4. The predicted octanol–water partition coefficient (Wildman–Crippen LogP) is 1.83. The molecule has 0 aliphatic carbocycles. The second-order valence-corrected chi connectivity index (χ2v) is 7.93. The monoisotopic (exact) mass is 444 g/mol. The molecule has 1 aliphatic heterocycles. The van der Waals surface area contributed by atoms with Gasteiger partial charge in [0.05, 0.1) is 17.6 Å². The molecule has 1 aromatic heterocycles. The van der Waals surface area contributed by atoms with Gasteiger partial charge < -0.3 is 21.1 Å². The molecular formula is C25H24N4O4. The highest BCUT2D eigenvalue weighted by Crippen LogP contribution is 2.22. The summed E-state index contributed by atoms with van der Waals surface area (Å²) >= 11 is 0. The van der Waals surface area contributed by atoms with E-state index in [0.29, 0.717) is 35.3 Å². The number of para-hydroxylation sites is 1. The van der Waals surface area contributed by atoms with E-state index in [1.54, 1.807) is 67.8 Å². The Kier molecular flexibility index (Phi) is 6.46. The van der Waals surface area contributed by atoms with Crippen LogP contribution in [0.2, 0.25) is 0 Å². The van der Waals surface area contributed by atoms with E-state index < -0.39 is 0 Å². The number of phenols is 1. The van der Waals surface area contributed by atoms with Crippen LogP contribution in [-0.2, 0) is 0 Å². The number of hydrogen-bond donors (Lipinski definition) is 4. The van der Waals surface area contributed by atoms with Gasteiger partial charge in [-0.2, -0.15) is 0 Å². The lowest BCUT2D eigenvalue weighted by Gasteiger charge is -2.21. The number of aromatic nitrogens is 1. The van der Waals surface area contributed by atoms with E-state index in [-0.39, 0.29) is 41.0 Å². The highest BCUT2D eigenvalue weighted by molar-refractivity contribution is 6.12. The zero-order valence-electron chi connectivity index (χ0n) is 18.0. The van der Waals surface area contributed by atoms with Crippen LogP contribution in [0, 0.1) is 6.92 Å². The second kappa shape index (κ2) is 9.62. The zero-order valence-corrected chi connectivity index (χ0v) is 18.0. The summed E-state index contributed by atoms with van der Waals surface area (Å²) in [6, 6.07) is 13.9. The normalized spacial score (nSPS) is 17.4. The summed E-state index contributed by atoms with van der Waals surface area (Å²) in [5, 5.41) is 19.1. The summed E-state index contributed by atoms with van der Waals surface area (Å²) in [7, 11) is 0. The lowest BCUT2D eigenvalue weighted by molar-refractivity contribution is 0.0896. The number of carbonyl (C=O) groups excluding carboxylic acids is 3. The van der Waals surface area contributed by atoms with Gasteiger partial charge >= 0.3 is 0 Å². The molecule has 0 unspecified atom stereocenters. The number of rotatable bonds is 6. The summed E-state index contributed by atoms with van der Waals surface area (Å²) in [6.45, 7) is 2.81. The number of pyridine rings is 1. The summed E-state index contributed by atoms with van der Waals surface area (Å²) < 4.78 is 0. The number of carbonyl (C=O) groups is 3. The molecule has 4 N–H and O–H groups in total. The Labute approximate surface area is 191 Å². The number of aryl methyl sites for hydroxylation is 1. The van der Waals surface area contributed by atoms with Gasteiger partial charge in [0.2, 0.25) is 0 Å². The third-order valence-electron chi connectivity index (χ3n) is 5.67. The van der Waals surface area contributed by atoms with Crippen molar-refractivity contribution in [3.8, 4) is 5.75 Å². The van der Waals surface area contributed by atoms with Crippen molar-refractivity contribution in [2.24, 2.45) is 0 Å². The molecular weight excluding hydrogens is 420 g/mol. The first kappa shape index (κ1) is 22.2. The van der Waals surface area contributed by atoms with Crippen LogP contribution in [0.5, 0.6) is 5.75 Å². The van der Waals surface area contributed by atoms with E-state index in [1.165, 1.54) is 6.07 Å². The molecule has 0 spiro atoms. The second-order valence-electron chi connectivity index (χ2n) is 7.93. The van der Waals surface area contributed by atoms with E-state index in [1.807, 2.05) is 0 Å². The number of ketones is 1. The molecule has 0 bridgehead atoms. The van der Waals surface area contributed by atoms with E-state index in [4.69, 9.17) is 0 Å². The fourth-order valence-electron chi connectivity index (χ4n) is 3.86. The van der Waals surface area contributed by atoms with Crippen molar-refractivity contribution in [2.75, 3.05) is 13.1 Å². The number of hydrogen-bond acceptors (Lipinski definition) is 6. The average molecular weight is 444 g/mol. The topological polar surface area (TPSA) is 120 Å². The third kappa shape index (κ3) is 4.91. The Morgan fingerprint density at radius 2 is 1.52 bits per heavy atom. The number of benzene rings is 2. The van der Waals surface area contributed by atoms with Gasteiger partial charge in [-0.15, -0.1) is 0 Å². The maximum atomic E-state index is 12.9. The van der Waals surface area contributed by atoms with Crippen molar-refractivity contribution < 1.29 is 19.5 Å². The molecule has 33 heavy (non-hydrogen) atoms. The van der Waals surface area contributed by atoms with Crippen molar-refractivity contribution >= 4 is 17.6 Å². The van der Waals surface area contributed by atoms with Crippen LogP contribution in [0.15, 0.2) is 67.0 Å². The van der Waals surface area contributed by atoms with E-state index in [2.05, 4.69) is 20.9 Å². The minimum atomic E-state index is -0.309. The molecule has 2 heterocycles. The number of amides is 2. The van der Waals surface area contributed by atoms with Crippen LogP contribution in [0.25, 0.3) is 0 Å². The highest BCUT2D eigenvalue weighted by atomic mass is 16.3. The van der Waals surface area contributed by atoms with E-state index in [0.717, 1.165) is 0 Å². The number of aromatic hydroxyl groups is 1. The molecule has 8 nitrogen and oxygen atoms in total. The minimum absolute atomic E-state index is 0.0858. The lowest BCUT2D eigenvalue weighted by Crippen LogP contribution is -2.51. The molecule has 0 saturated carbocycles. The van der Waals surface area contributed by atoms with Crippen molar-refractivity contribution in [2.45, 2.75) is 19.0 Å².